The maximum Gasteiger partial charge on any atom is 0.508 e. The highest BCUT2D eigenvalue weighted by atomic mass is 79.9. The predicted octanol–water partition coefficient (Wildman–Crippen LogP) is 2.72. The van der Waals surface area contributed by atoms with Crippen LogP contribution in [0.3, 0.4) is 0 Å². The highest BCUT2D eigenvalue weighted by molar-refractivity contribution is 9.09. The normalized spacial score (nSPS) is 9.50. The Labute approximate surface area is 81.6 Å². The average Bonchev–Trinajstić information content (AvgIpc) is 2.09. The third-order valence-corrected chi connectivity index (χ3v) is 1.59. The number of halogens is 1. The van der Waals surface area contributed by atoms with Crippen molar-refractivity contribution >= 4 is 22.1 Å². The summed E-state index contributed by atoms with van der Waals surface area (Å²) in [4.78, 5) is 10.7. The molecule has 3 nitrogen and oxygen atoms in total. The molecule has 0 aliphatic rings. The third-order valence-electron chi connectivity index (χ3n) is 1.26. The molecule has 12 heavy (non-hydrogen) atoms. The fourth-order valence-corrected chi connectivity index (χ4v) is 0.833. The quantitative estimate of drug-likeness (QED) is 0.406. The first kappa shape index (κ1) is 11.8. The average molecular weight is 239 g/mol. The fraction of sp³-hybridized carbons (Fsp3) is 0.875. The first-order valence-corrected chi connectivity index (χ1v) is 5.29. The Morgan fingerprint density at radius 3 is 2.50 bits per heavy atom. The standard InChI is InChI=1S/C8H15BrO3/c1-2-3-4-6-11-8(10)12-7-5-9/h2-7H2,1H3. The van der Waals surface area contributed by atoms with E-state index in [1.165, 1.54) is 0 Å². The summed E-state index contributed by atoms with van der Waals surface area (Å²) >= 11 is 3.14. The number of carbonyl (C=O) groups excluding carboxylic acids is 1. The van der Waals surface area contributed by atoms with Gasteiger partial charge in [0, 0.05) is 5.33 Å². The number of carbonyl (C=O) groups is 1. The van der Waals surface area contributed by atoms with Crippen LogP contribution in [0.1, 0.15) is 26.2 Å². The van der Waals surface area contributed by atoms with E-state index in [0.717, 1.165) is 19.3 Å². The van der Waals surface area contributed by atoms with Crippen LogP contribution >= 0.6 is 15.9 Å². The van der Waals surface area contributed by atoms with Gasteiger partial charge in [-0.1, -0.05) is 35.7 Å². The van der Waals surface area contributed by atoms with Gasteiger partial charge in [0.2, 0.25) is 0 Å². The molecule has 0 heterocycles. The first-order chi connectivity index (χ1) is 5.81. The summed E-state index contributed by atoms with van der Waals surface area (Å²) in [5.41, 5.74) is 0. The minimum Gasteiger partial charge on any atom is -0.434 e. The van der Waals surface area contributed by atoms with Gasteiger partial charge < -0.3 is 9.47 Å². The minimum absolute atomic E-state index is 0.368. The SMILES string of the molecule is CCCCCOC(=O)OCCBr. The summed E-state index contributed by atoms with van der Waals surface area (Å²) in [6.07, 6.45) is 2.57. The molecule has 0 bridgehead atoms. The second-order valence-corrected chi connectivity index (χ2v) is 3.14. The minimum atomic E-state index is -0.564. The zero-order valence-corrected chi connectivity index (χ0v) is 8.93. The van der Waals surface area contributed by atoms with Crippen molar-refractivity contribution in [1.82, 2.24) is 0 Å². The molecule has 0 unspecified atom stereocenters. The third kappa shape index (κ3) is 7.85. The van der Waals surface area contributed by atoms with Gasteiger partial charge >= 0.3 is 6.16 Å². The molecule has 72 valence electrons. The lowest BCUT2D eigenvalue weighted by atomic mass is 10.3. The van der Waals surface area contributed by atoms with Crippen molar-refractivity contribution in [3.8, 4) is 0 Å². The molecule has 4 heteroatoms. The Hall–Kier alpha value is -0.250. The molecule has 0 aromatic rings. The van der Waals surface area contributed by atoms with Gasteiger partial charge in [-0.2, -0.15) is 0 Å². The van der Waals surface area contributed by atoms with E-state index < -0.39 is 6.16 Å². The van der Waals surface area contributed by atoms with E-state index in [0.29, 0.717) is 18.5 Å². The van der Waals surface area contributed by atoms with Crippen LogP contribution in [0, 0.1) is 0 Å². The second-order valence-electron chi connectivity index (χ2n) is 2.34. The van der Waals surface area contributed by atoms with Crippen molar-refractivity contribution in [3.63, 3.8) is 0 Å². The van der Waals surface area contributed by atoms with Gasteiger partial charge in [-0.3, -0.25) is 0 Å². The Bertz CT molecular complexity index is 117. The zero-order valence-electron chi connectivity index (χ0n) is 7.35. The number of hydrogen-bond donors (Lipinski definition) is 0. The summed E-state index contributed by atoms with van der Waals surface area (Å²) in [6.45, 7) is 2.94. The van der Waals surface area contributed by atoms with Gasteiger partial charge in [0.05, 0.1) is 6.61 Å². The monoisotopic (exact) mass is 238 g/mol. The van der Waals surface area contributed by atoms with Crippen LogP contribution in [-0.2, 0) is 9.47 Å². The van der Waals surface area contributed by atoms with Crippen LogP contribution in [0.5, 0.6) is 0 Å². The molecule has 0 aromatic heterocycles. The van der Waals surface area contributed by atoms with E-state index in [1.54, 1.807) is 0 Å². The lowest BCUT2D eigenvalue weighted by Crippen LogP contribution is -2.09. The summed E-state index contributed by atoms with van der Waals surface area (Å²) in [5, 5.41) is 0.650. The maximum absolute atomic E-state index is 10.7. The topological polar surface area (TPSA) is 35.5 Å². The van der Waals surface area contributed by atoms with E-state index in [1.807, 2.05) is 0 Å². The van der Waals surface area contributed by atoms with Gasteiger partial charge in [-0.25, -0.2) is 4.79 Å². The van der Waals surface area contributed by atoms with E-state index in [9.17, 15) is 4.79 Å². The second kappa shape index (κ2) is 8.84. The fourth-order valence-electron chi connectivity index (χ4n) is 0.671. The van der Waals surface area contributed by atoms with Crippen molar-refractivity contribution < 1.29 is 14.3 Å². The number of rotatable bonds is 6. The highest BCUT2D eigenvalue weighted by Gasteiger charge is 2.00. The smallest absolute Gasteiger partial charge is 0.434 e. The van der Waals surface area contributed by atoms with E-state index in [2.05, 4.69) is 27.6 Å². The van der Waals surface area contributed by atoms with Crippen molar-refractivity contribution in [1.29, 1.82) is 0 Å². The Morgan fingerprint density at radius 1 is 1.25 bits per heavy atom. The Balaban J connectivity index is 3.08. The van der Waals surface area contributed by atoms with Crippen LogP contribution in [0.4, 0.5) is 4.79 Å². The Kier molecular flexibility index (Phi) is 8.66. The maximum atomic E-state index is 10.7. The molecule has 0 atom stereocenters. The molecule has 0 radical (unpaired) electrons. The lowest BCUT2D eigenvalue weighted by Gasteiger charge is -2.03. The first-order valence-electron chi connectivity index (χ1n) is 4.16. The summed E-state index contributed by atoms with van der Waals surface area (Å²) < 4.78 is 9.43. The molecule has 0 aliphatic carbocycles. The van der Waals surface area contributed by atoms with Crippen LogP contribution in [0.15, 0.2) is 0 Å². The van der Waals surface area contributed by atoms with E-state index >= 15 is 0 Å². The molecule has 0 saturated heterocycles. The van der Waals surface area contributed by atoms with Crippen molar-refractivity contribution in [2.75, 3.05) is 18.5 Å². The summed E-state index contributed by atoms with van der Waals surface area (Å²) in [6, 6.07) is 0. The van der Waals surface area contributed by atoms with Gasteiger partial charge in [-0.15, -0.1) is 0 Å². The van der Waals surface area contributed by atoms with Gasteiger partial charge in [0.25, 0.3) is 0 Å². The lowest BCUT2D eigenvalue weighted by molar-refractivity contribution is 0.0588. The largest absolute Gasteiger partial charge is 0.508 e. The molecule has 0 N–H and O–H groups in total. The molecule has 0 spiro atoms. The van der Waals surface area contributed by atoms with Crippen molar-refractivity contribution in [2.45, 2.75) is 26.2 Å². The van der Waals surface area contributed by atoms with Crippen LogP contribution in [-0.4, -0.2) is 24.7 Å². The molecular weight excluding hydrogens is 224 g/mol. The van der Waals surface area contributed by atoms with Crippen molar-refractivity contribution in [3.05, 3.63) is 0 Å². The van der Waals surface area contributed by atoms with Gasteiger partial charge in [0.1, 0.15) is 6.61 Å². The number of hydrogen-bond acceptors (Lipinski definition) is 3. The number of alkyl halides is 1. The summed E-state index contributed by atoms with van der Waals surface area (Å²) in [7, 11) is 0. The molecule has 0 fully saturated rings. The van der Waals surface area contributed by atoms with Crippen LogP contribution in [0.2, 0.25) is 0 Å². The molecule has 0 saturated carbocycles. The van der Waals surface area contributed by atoms with E-state index in [4.69, 9.17) is 4.74 Å². The van der Waals surface area contributed by atoms with Crippen LogP contribution < -0.4 is 0 Å². The van der Waals surface area contributed by atoms with E-state index in [-0.39, 0.29) is 0 Å². The van der Waals surface area contributed by atoms with Crippen molar-refractivity contribution in [2.24, 2.45) is 0 Å². The van der Waals surface area contributed by atoms with Gasteiger partial charge in [0.15, 0.2) is 0 Å². The number of ether oxygens (including phenoxy) is 2. The molecule has 0 amide bonds. The molecule has 0 rings (SSSR count). The Morgan fingerprint density at radius 2 is 1.92 bits per heavy atom. The zero-order chi connectivity index (χ0) is 9.23. The van der Waals surface area contributed by atoms with Gasteiger partial charge in [-0.05, 0) is 6.42 Å². The summed E-state index contributed by atoms with van der Waals surface area (Å²) in [5.74, 6) is 0. The molecule has 0 aliphatic heterocycles. The number of unbranched alkanes of at least 4 members (excludes halogenated alkanes) is 2. The highest BCUT2D eigenvalue weighted by Crippen LogP contribution is 1.95. The molecule has 0 aromatic carbocycles. The predicted molar refractivity (Wildman–Crippen MR) is 50.6 cm³/mol. The molecular formula is C8H15BrO3. The van der Waals surface area contributed by atoms with Crippen LogP contribution in [0.25, 0.3) is 0 Å².